The number of rotatable bonds is 4. The summed E-state index contributed by atoms with van der Waals surface area (Å²) in [6.07, 6.45) is 1.60. The molecule has 0 fully saturated rings. The van der Waals surface area contributed by atoms with Crippen LogP contribution in [0.15, 0.2) is 6.20 Å². The van der Waals surface area contributed by atoms with Gasteiger partial charge in [0.25, 0.3) is 5.91 Å². The van der Waals surface area contributed by atoms with Crippen molar-refractivity contribution in [3.05, 3.63) is 11.9 Å². The zero-order chi connectivity index (χ0) is 10.6. The summed E-state index contributed by atoms with van der Waals surface area (Å²) in [5, 5.41) is 9.68. The molecule has 1 rings (SSSR count). The fourth-order valence-electron chi connectivity index (χ4n) is 0.841. The number of nitrogens with two attached hydrogens (primary N) is 1. The van der Waals surface area contributed by atoms with Crippen LogP contribution in [0.5, 0.6) is 0 Å². The van der Waals surface area contributed by atoms with Crippen molar-refractivity contribution in [2.45, 2.75) is 6.42 Å². The summed E-state index contributed by atoms with van der Waals surface area (Å²) in [4.78, 5) is 21.6. The molecule has 7 nitrogen and oxygen atoms in total. The third-order valence-corrected chi connectivity index (χ3v) is 1.49. The van der Waals surface area contributed by atoms with Crippen LogP contribution >= 0.6 is 0 Å². The van der Waals surface area contributed by atoms with E-state index in [9.17, 15) is 9.59 Å². The van der Waals surface area contributed by atoms with Crippen LogP contribution < -0.4 is 11.1 Å². The van der Waals surface area contributed by atoms with Crippen molar-refractivity contribution in [1.82, 2.24) is 20.3 Å². The zero-order valence-electron chi connectivity index (χ0n) is 7.73. The second-order valence-corrected chi connectivity index (χ2v) is 2.75. The number of primary amides is 1. The van der Waals surface area contributed by atoms with Crippen LogP contribution in [0.4, 0.5) is 0 Å². The standard InChI is InChI=1S/C7H11N5O2/c1-12-4-5(10-11-12)7(14)9-3-2-6(8)13/h4H,2-3H2,1H3,(H2,8,13)(H,9,14). The van der Waals surface area contributed by atoms with Crippen molar-refractivity contribution in [3.8, 4) is 0 Å². The van der Waals surface area contributed by atoms with Gasteiger partial charge in [0, 0.05) is 20.0 Å². The summed E-state index contributed by atoms with van der Waals surface area (Å²) in [5.74, 6) is -0.816. The van der Waals surface area contributed by atoms with Gasteiger partial charge in [0.1, 0.15) is 0 Å². The maximum absolute atomic E-state index is 11.3. The van der Waals surface area contributed by atoms with E-state index in [4.69, 9.17) is 5.73 Å². The van der Waals surface area contributed by atoms with E-state index in [-0.39, 0.29) is 24.6 Å². The molecule has 0 radical (unpaired) electrons. The molecule has 0 unspecified atom stereocenters. The fraction of sp³-hybridized carbons (Fsp3) is 0.429. The highest BCUT2D eigenvalue weighted by molar-refractivity contribution is 5.92. The average molecular weight is 197 g/mol. The highest BCUT2D eigenvalue weighted by atomic mass is 16.2. The Labute approximate surface area is 80.3 Å². The molecule has 2 amide bonds. The van der Waals surface area contributed by atoms with Gasteiger partial charge >= 0.3 is 0 Å². The summed E-state index contributed by atoms with van der Waals surface area (Å²) in [6, 6.07) is 0. The monoisotopic (exact) mass is 197 g/mol. The number of nitrogens with one attached hydrogen (secondary N) is 1. The average Bonchev–Trinajstić information content (AvgIpc) is 2.51. The summed E-state index contributed by atoms with van der Waals surface area (Å²) < 4.78 is 1.42. The van der Waals surface area contributed by atoms with Crippen molar-refractivity contribution in [2.24, 2.45) is 12.8 Å². The van der Waals surface area contributed by atoms with E-state index in [0.717, 1.165) is 0 Å². The maximum Gasteiger partial charge on any atom is 0.273 e. The lowest BCUT2D eigenvalue weighted by Crippen LogP contribution is -2.28. The van der Waals surface area contributed by atoms with Gasteiger partial charge in [0.2, 0.25) is 5.91 Å². The Morgan fingerprint density at radius 1 is 1.64 bits per heavy atom. The number of carbonyl (C=O) groups excluding carboxylic acids is 2. The van der Waals surface area contributed by atoms with Crippen molar-refractivity contribution in [1.29, 1.82) is 0 Å². The number of carbonyl (C=O) groups is 2. The third kappa shape index (κ3) is 2.85. The number of amides is 2. The predicted octanol–water partition coefficient (Wildman–Crippen LogP) is -1.58. The van der Waals surface area contributed by atoms with Crippen LogP contribution in [0.25, 0.3) is 0 Å². The molecule has 0 aliphatic rings. The second kappa shape index (κ2) is 4.35. The summed E-state index contributed by atoms with van der Waals surface area (Å²) in [6.45, 7) is 0.213. The molecule has 0 saturated heterocycles. The first-order valence-corrected chi connectivity index (χ1v) is 4.02. The molecule has 0 saturated carbocycles. The van der Waals surface area contributed by atoms with E-state index in [0.29, 0.717) is 0 Å². The minimum Gasteiger partial charge on any atom is -0.370 e. The van der Waals surface area contributed by atoms with Crippen LogP contribution in [0.1, 0.15) is 16.9 Å². The lowest BCUT2D eigenvalue weighted by atomic mass is 10.4. The van der Waals surface area contributed by atoms with Crippen LogP contribution in [-0.2, 0) is 11.8 Å². The highest BCUT2D eigenvalue weighted by Crippen LogP contribution is 1.90. The minimum atomic E-state index is -0.454. The summed E-state index contributed by atoms with van der Waals surface area (Å²) >= 11 is 0. The first-order chi connectivity index (χ1) is 6.59. The molecule has 0 spiro atoms. The Hall–Kier alpha value is -1.92. The van der Waals surface area contributed by atoms with Gasteiger partial charge in [-0.3, -0.25) is 14.3 Å². The molecule has 14 heavy (non-hydrogen) atoms. The Morgan fingerprint density at radius 2 is 2.36 bits per heavy atom. The SMILES string of the molecule is Cn1cc(C(=O)NCCC(N)=O)nn1. The molecular weight excluding hydrogens is 186 g/mol. The van der Waals surface area contributed by atoms with Gasteiger partial charge in [-0.15, -0.1) is 5.10 Å². The molecule has 7 heteroatoms. The first kappa shape index (κ1) is 10.2. The molecule has 1 aromatic rings. The van der Waals surface area contributed by atoms with Gasteiger partial charge in [-0.25, -0.2) is 0 Å². The van der Waals surface area contributed by atoms with Crippen molar-refractivity contribution in [3.63, 3.8) is 0 Å². The van der Waals surface area contributed by atoms with E-state index in [1.165, 1.54) is 10.9 Å². The van der Waals surface area contributed by atoms with Gasteiger partial charge in [-0.1, -0.05) is 5.21 Å². The van der Waals surface area contributed by atoms with Crippen LogP contribution in [0, 0.1) is 0 Å². The number of hydrogen-bond acceptors (Lipinski definition) is 4. The lowest BCUT2D eigenvalue weighted by molar-refractivity contribution is -0.117. The summed E-state index contributed by atoms with van der Waals surface area (Å²) in [7, 11) is 1.66. The molecule has 0 bridgehead atoms. The van der Waals surface area contributed by atoms with E-state index < -0.39 is 5.91 Å². The van der Waals surface area contributed by atoms with Crippen LogP contribution in [-0.4, -0.2) is 33.4 Å². The Morgan fingerprint density at radius 3 is 2.86 bits per heavy atom. The Kier molecular flexibility index (Phi) is 3.16. The largest absolute Gasteiger partial charge is 0.370 e. The maximum atomic E-state index is 11.3. The lowest BCUT2D eigenvalue weighted by Gasteiger charge is -1.99. The normalized spacial score (nSPS) is 9.79. The van der Waals surface area contributed by atoms with Crippen LogP contribution in [0.2, 0.25) is 0 Å². The first-order valence-electron chi connectivity index (χ1n) is 4.02. The van der Waals surface area contributed by atoms with Gasteiger partial charge in [0.05, 0.1) is 6.20 Å². The molecule has 76 valence electrons. The number of aryl methyl sites for hydroxylation is 1. The molecule has 3 N–H and O–H groups in total. The highest BCUT2D eigenvalue weighted by Gasteiger charge is 2.08. The van der Waals surface area contributed by atoms with Gasteiger partial charge in [0.15, 0.2) is 5.69 Å². The molecule has 0 aliphatic carbocycles. The van der Waals surface area contributed by atoms with Crippen LogP contribution in [0.3, 0.4) is 0 Å². The van der Waals surface area contributed by atoms with E-state index in [2.05, 4.69) is 15.6 Å². The second-order valence-electron chi connectivity index (χ2n) is 2.75. The van der Waals surface area contributed by atoms with Gasteiger partial charge < -0.3 is 11.1 Å². The molecule has 0 aliphatic heterocycles. The quantitative estimate of drug-likeness (QED) is 0.608. The molecule has 1 aromatic heterocycles. The minimum absolute atomic E-state index is 0.117. The summed E-state index contributed by atoms with van der Waals surface area (Å²) in [5.41, 5.74) is 5.12. The van der Waals surface area contributed by atoms with Gasteiger partial charge in [-0.2, -0.15) is 0 Å². The van der Waals surface area contributed by atoms with Crippen molar-refractivity contribution >= 4 is 11.8 Å². The number of nitrogens with zero attached hydrogens (tertiary/aromatic N) is 3. The van der Waals surface area contributed by atoms with Crippen molar-refractivity contribution < 1.29 is 9.59 Å². The Balaban J connectivity index is 2.39. The van der Waals surface area contributed by atoms with E-state index in [1.54, 1.807) is 7.05 Å². The van der Waals surface area contributed by atoms with Gasteiger partial charge in [-0.05, 0) is 0 Å². The Bertz CT molecular complexity index is 346. The molecule has 0 atom stereocenters. The fourth-order valence-corrected chi connectivity index (χ4v) is 0.841. The van der Waals surface area contributed by atoms with E-state index in [1.807, 2.05) is 0 Å². The molecular formula is C7H11N5O2. The topological polar surface area (TPSA) is 103 Å². The third-order valence-electron chi connectivity index (χ3n) is 1.49. The number of hydrogen-bond donors (Lipinski definition) is 2. The zero-order valence-corrected chi connectivity index (χ0v) is 7.73. The smallest absolute Gasteiger partial charge is 0.273 e. The molecule has 1 heterocycles. The molecule has 0 aromatic carbocycles. The van der Waals surface area contributed by atoms with E-state index >= 15 is 0 Å². The predicted molar refractivity (Wildman–Crippen MR) is 47.1 cm³/mol. The number of aromatic nitrogens is 3. The van der Waals surface area contributed by atoms with Crippen molar-refractivity contribution in [2.75, 3.05) is 6.54 Å².